The molecule has 0 saturated heterocycles. The van der Waals surface area contributed by atoms with Crippen molar-refractivity contribution >= 4 is 37.9 Å². The van der Waals surface area contributed by atoms with Gasteiger partial charge in [0, 0.05) is 25.2 Å². The fourth-order valence-electron chi connectivity index (χ4n) is 1.78. The van der Waals surface area contributed by atoms with E-state index in [1.807, 2.05) is 13.8 Å². The molecular formula is C11H16ClN3O2S2. The number of thiazole rings is 1. The van der Waals surface area contributed by atoms with Crippen LogP contribution in [0.25, 0.3) is 4.96 Å². The monoisotopic (exact) mass is 321 g/mol. The van der Waals surface area contributed by atoms with E-state index in [-0.39, 0.29) is 10.2 Å². The smallest absolute Gasteiger partial charge is 0.262 e. The van der Waals surface area contributed by atoms with Gasteiger partial charge in [-0.1, -0.05) is 31.9 Å². The van der Waals surface area contributed by atoms with Gasteiger partial charge in [-0.15, -0.1) is 11.3 Å². The van der Waals surface area contributed by atoms with Crippen LogP contribution in [0.1, 0.15) is 20.3 Å². The van der Waals surface area contributed by atoms with Crippen LogP contribution in [-0.4, -0.2) is 35.7 Å². The normalized spacial score (nSPS) is 14.4. The van der Waals surface area contributed by atoms with Gasteiger partial charge in [0.1, 0.15) is 0 Å². The molecule has 0 fully saturated rings. The lowest BCUT2D eigenvalue weighted by molar-refractivity contribution is 0.392. The van der Waals surface area contributed by atoms with Crippen LogP contribution in [0.3, 0.4) is 0 Å². The Kier molecular flexibility index (Phi) is 4.20. The molecule has 0 aliphatic heterocycles. The Bertz CT molecular complexity index is 677. The third-order valence-electron chi connectivity index (χ3n) is 3.10. The van der Waals surface area contributed by atoms with Crippen molar-refractivity contribution < 1.29 is 8.42 Å². The summed E-state index contributed by atoms with van der Waals surface area (Å²) in [6, 6.07) is 0. The van der Waals surface area contributed by atoms with E-state index in [0.29, 0.717) is 17.4 Å². The first-order valence-corrected chi connectivity index (χ1v) is 8.65. The second kappa shape index (κ2) is 5.40. The average molecular weight is 322 g/mol. The number of hydrogen-bond acceptors (Lipinski definition) is 4. The molecule has 1 atom stereocenters. The molecule has 0 aliphatic rings. The van der Waals surface area contributed by atoms with Crippen LogP contribution in [0.4, 0.5) is 0 Å². The van der Waals surface area contributed by atoms with E-state index in [1.165, 1.54) is 20.0 Å². The average Bonchev–Trinajstić information content (AvgIpc) is 2.87. The number of halogens is 1. The van der Waals surface area contributed by atoms with Crippen LogP contribution in [0.2, 0.25) is 5.15 Å². The summed E-state index contributed by atoms with van der Waals surface area (Å²) < 4.78 is 28.0. The van der Waals surface area contributed by atoms with E-state index in [4.69, 9.17) is 11.6 Å². The lowest BCUT2D eigenvalue weighted by Gasteiger charge is -2.20. The first-order chi connectivity index (χ1) is 8.87. The zero-order valence-electron chi connectivity index (χ0n) is 11.0. The van der Waals surface area contributed by atoms with Gasteiger partial charge >= 0.3 is 0 Å². The van der Waals surface area contributed by atoms with Gasteiger partial charge in [-0.05, 0) is 5.92 Å². The Balaban J connectivity index is 2.44. The van der Waals surface area contributed by atoms with Crippen LogP contribution in [0, 0.1) is 5.92 Å². The second-order valence-corrected chi connectivity index (χ2v) is 7.75. The summed E-state index contributed by atoms with van der Waals surface area (Å²) in [7, 11) is -2.05. The summed E-state index contributed by atoms with van der Waals surface area (Å²) in [5.74, 6) is 0.296. The molecule has 0 aliphatic carbocycles. The van der Waals surface area contributed by atoms with E-state index in [1.54, 1.807) is 18.6 Å². The molecule has 8 heteroatoms. The van der Waals surface area contributed by atoms with Crippen molar-refractivity contribution in [1.29, 1.82) is 0 Å². The van der Waals surface area contributed by atoms with E-state index in [0.717, 1.165) is 6.42 Å². The highest BCUT2D eigenvalue weighted by Gasteiger charge is 2.29. The van der Waals surface area contributed by atoms with Gasteiger partial charge in [0.25, 0.3) is 10.0 Å². The molecule has 106 valence electrons. The summed E-state index contributed by atoms with van der Waals surface area (Å²) in [5, 5.41) is 1.87. The predicted octanol–water partition coefficient (Wildman–Crippen LogP) is 2.72. The maximum absolute atomic E-state index is 12.6. The van der Waals surface area contributed by atoms with Crippen molar-refractivity contribution in [3.63, 3.8) is 0 Å². The van der Waals surface area contributed by atoms with Crippen LogP contribution in [0.5, 0.6) is 0 Å². The minimum Gasteiger partial charge on any atom is -0.279 e. The van der Waals surface area contributed by atoms with Crippen LogP contribution < -0.4 is 0 Å². The molecule has 0 spiro atoms. The van der Waals surface area contributed by atoms with Crippen molar-refractivity contribution in [2.75, 3.05) is 13.6 Å². The molecule has 0 bridgehead atoms. The lowest BCUT2D eigenvalue weighted by atomic mass is 10.1. The molecule has 0 radical (unpaired) electrons. The Morgan fingerprint density at radius 1 is 1.58 bits per heavy atom. The van der Waals surface area contributed by atoms with Crippen molar-refractivity contribution in [3.05, 3.63) is 16.7 Å². The Labute approximate surface area is 121 Å². The van der Waals surface area contributed by atoms with E-state index in [9.17, 15) is 8.42 Å². The van der Waals surface area contributed by atoms with Gasteiger partial charge in [-0.25, -0.2) is 13.4 Å². The first-order valence-electron chi connectivity index (χ1n) is 5.95. The molecule has 19 heavy (non-hydrogen) atoms. The minimum atomic E-state index is -3.62. The van der Waals surface area contributed by atoms with Gasteiger partial charge in [-0.3, -0.25) is 4.40 Å². The molecule has 0 saturated carbocycles. The van der Waals surface area contributed by atoms with Gasteiger partial charge in [0.05, 0.1) is 0 Å². The molecule has 0 N–H and O–H groups in total. The zero-order chi connectivity index (χ0) is 14.2. The number of nitrogens with zero attached hydrogens (tertiary/aromatic N) is 3. The number of hydrogen-bond donors (Lipinski definition) is 0. The molecule has 2 rings (SSSR count). The quantitative estimate of drug-likeness (QED) is 0.850. The number of rotatable bonds is 5. The predicted molar refractivity (Wildman–Crippen MR) is 77.3 cm³/mol. The third-order valence-corrected chi connectivity index (χ3v) is 6.08. The van der Waals surface area contributed by atoms with Crippen LogP contribution in [-0.2, 0) is 10.0 Å². The molecule has 0 amide bonds. The summed E-state index contributed by atoms with van der Waals surface area (Å²) in [4.78, 5) is 4.65. The highest BCUT2D eigenvalue weighted by atomic mass is 35.5. The van der Waals surface area contributed by atoms with Crippen molar-refractivity contribution in [1.82, 2.24) is 13.7 Å². The van der Waals surface area contributed by atoms with E-state index in [2.05, 4.69) is 4.98 Å². The molecule has 2 heterocycles. The van der Waals surface area contributed by atoms with E-state index >= 15 is 0 Å². The van der Waals surface area contributed by atoms with Gasteiger partial charge in [0.2, 0.25) is 0 Å². The fraction of sp³-hybridized carbons (Fsp3) is 0.545. The standard InChI is InChI=1S/C11H16ClN3O2S2/c1-4-8(2)7-14(3)19(16,17)10-9(12)13-11-15(10)5-6-18-11/h5-6,8H,4,7H2,1-3H3. The highest BCUT2D eigenvalue weighted by Crippen LogP contribution is 2.27. The zero-order valence-corrected chi connectivity index (χ0v) is 13.4. The van der Waals surface area contributed by atoms with Crippen molar-refractivity contribution in [2.24, 2.45) is 5.92 Å². The van der Waals surface area contributed by atoms with Crippen molar-refractivity contribution in [2.45, 2.75) is 25.3 Å². The molecule has 5 nitrogen and oxygen atoms in total. The largest absolute Gasteiger partial charge is 0.279 e. The minimum absolute atomic E-state index is 0.0304. The summed E-state index contributed by atoms with van der Waals surface area (Å²) >= 11 is 7.33. The van der Waals surface area contributed by atoms with Crippen LogP contribution in [0.15, 0.2) is 16.6 Å². The summed E-state index contributed by atoms with van der Waals surface area (Å²) in [5.41, 5.74) is 0. The maximum Gasteiger partial charge on any atom is 0.262 e. The van der Waals surface area contributed by atoms with E-state index < -0.39 is 10.0 Å². The summed E-state index contributed by atoms with van der Waals surface area (Å²) in [6.07, 6.45) is 2.59. The van der Waals surface area contributed by atoms with Gasteiger partial charge < -0.3 is 0 Å². The maximum atomic E-state index is 12.6. The Morgan fingerprint density at radius 3 is 2.89 bits per heavy atom. The Hall–Kier alpha value is -0.630. The Morgan fingerprint density at radius 2 is 2.26 bits per heavy atom. The molecule has 2 aromatic rings. The molecule has 1 unspecified atom stereocenters. The SMILES string of the molecule is CCC(C)CN(C)S(=O)(=O)c1c(Cl)nc2sccn12. The highest BCUT2D eigenvalue weighted by molar-refractivity contribution is 7.89. The topological polar surface area (TPSA) is 54.7 Å². The summed E-state index contributed by atoms with van der Waals surface area (Å²) in [6.45, 7) is 4.52. The number of sulfonamides is 1. The molecular weight excluding hydrogens is 306 g/mol. The molecule has 0 aromatic carbocycles. The van der Waals surface area contributed by atoms with Gasteiger partial charge in [0.15, 0.2) is 15.1 Å². The van der Waals surface area contributed by atoms with Gasteiger partial charge in [-0.2, -0.15) is 4.31 Å². The number of fused-ring (bicyclic) bond motifs is 1. The molecule has 2 aromatic heterocycles. The lowest BCUT2D eigenvalue weighted by Crippen LogP contribution is -2.31. The number of aromatic nitrogens is 2. The third kappa shape index (κ3) is 2.65. The van der Waals surface area contributed by atoms with Crippen molar-refractivity contribution in [3.8, 4) is 0 Å². The van der Waals surface area contributed by atoms with Crippen LogP contribution >= 0.6 is 22.9 Å². The fourth-order valence-corrected chi connectivity index (χ4v) is 4.47. The first kappa shape index (κ1) is 14.8. The number of imidazole rings is 1. The second-order valence-electron chi connectivity index (χ2n) is 4.56.